The molecular weight excluding hydrogens is 290 g/mol. The number of nitrogens with zero attached hydrogens (tertiary/aromatic N) is 2. The molecule has 1 unspecified atom stereocenters. The first kappa shape index (κ1) is 16.4. The molecule has 8 nitrogen and oxygen atoms in total. The molecule has 0 spiro atoms. The van der Waals surface area contributed by atoms with Crippen molar-refractivity contribution in [3.8, 4) is 0 Å². The van der Waals surface area contributed by atoms with E-state index in [4.69, 9.17) is 14.2 Å². The number of nitrogens with one attached hydrogen (secondary N) is 1. The fourth-order valence-electron chi connectivity index (χ4n) is 2.37. The highest BCUT2D eigenvalue weighted by Gasteiger charge is 2.23. The Morgan fingerprint density at radius 3 is 2.91 bits per heavy atom. The van der Waals surface area contributed by atoms with Crippen molar-refractivity contribution in [2.45, 2.75) is 25.9 Å². The van der Waals surface area contributed by atoms with Gasteiger partial charge >= 0.3 is 5.97 Å². The Hall–Kier alpha value is -1.93. The number of aryl methyl sites for hydroxylation is 2. The quantitative estimate of drug-likeness (QED) is 0.776. The van der Waals surface area contributed by atoms with Gasteiger partial charge < -0.3 is 19.5 Å². The van der Waals surface area contributed by atoms with Crippen LogP contribution in [-0.2, 0) is 26.1 Å². The summed E-state index contributed by atoms with van der Waals surface area (Å²) < 4.78 is 16.9. The highest BCUT2D eigenvalue weighted by molar-refractivity contribution is 6.01. The van der Waals surface area contributed by atoms with Crippen LogP contribution in [0.5, 0.6) is 0 Å². The largest absolute Gasteiger partial charge is 0.465 e. The van der Waals surface area contributed by atoms with Crippen LogP contribution in [0.1, 0.15) is 28.9 Å². The summed E-state index contributed by atoms with van der Waals surface area (Å²) in [6, 6.07) is 0. The van der Waals surface area contributed by atoms with Gasteiger partial charge in [0.15, 0.2) is 0 Å². The van der Waals surface area contributed by atoms with E-state index in [9.17, 15) is 9.59 Å². The molecular formula is C14H21N3O5. The maximum Gasteiger partial charge on any atom is 0.343 e. The number of aromatic nitrogens is 2. The number of hydrogen-bond acceptors (Lipinski definition) is 6. The van der Waals surface area contributed by atoms with Crippen LogP contribution >= 0.6 is 0 Å². The molecule has 2 rings (SSSR count). The van der Waals surface area contributed by atoms with Gasteiger partial charge in [-0.2, -0.15) is 5.10 Å². The van der Waals surface area contributed by atoms with Gasteiger partial charge in [0.1, 0.15) is 18.0 Å². The van der Waals surface area contributed by atoms with Gasteiger partial charge in [-0.1, -0.05) is 0 Å². The van der Waals surface area contributed by atoms with Crippen LogP contribution in [0.4, 0.5) is 5.82 Å². The molecule has 1 aliphatic heterocycles. The van der Waals surface area contributed by atoms with E-state index in [0.29, 0.717) is 18.1 Å². The van der Waals surface area contributed by atoms with Gasteiger partial charge in [0.05, 0.1) is 25.5 Å². The Bertz CT molecular complexity index is 549. The van der Waals surface area contributed by atoms with Crippen molar-refractivity contribution in [2.75, 3.05) is 32.2 Å². The number of carbonyl (C=O) groups excluding carboxylic acids is 2. The van der Waals surface area contributed by atoms with Gasteiger partial charge in [-0.25, -0.2) is 4.79 Å². The number of methoxy groups -OCH3 is 1. The van der Waals surface area contributed by atoms with E-state index < -0.39 is 5.97 Å². The molecule has 1 aromatic rings. The van der Waals surface area contributed by atoms with E-state index in [1.807, 2.05) is 0 Å². The second-order valence-corrected chi connectivity index (χ2v) is 5.12. The fraction of sp³-hybridized carbons (Fsp3) is 0.643. The molecule has 1 amide bonds. The van der Waals surface area contributed by atoms with Crippen molar-refractivity contribution < 1.29 is 23.8 Å². The fourth-order valence-corrected chi connectivity index (χ4v) is 2.37. The predicted octanol–water partition coefficient (Wildman–Crippen LogP) is 0.649. The lowest BCUT2D eigenvalue weighted by molar-refractivity contribution is -0.121. The Morgan fingerprint density at radius 2 is 2.27 bits per heavy atom. The SMILES string of the molecule is COC(=O)c1c(C)nn(C)c1NC(=O)COCC1CCCO1. The standard InChI is InChI=1S/C14H21N3O5/c1-9-12(14(19)20-3)13(17(2)16-9)15-11(18)8-21-7-10-5-4-6-22-10/h10H,4-8H2,1-3H3,(H,15,18). The Labute approximate surface area is 128 Å². The summed E-state index contributed by atoms with van der Waals surface area (Å²) >= 11 is 0. The lowest BCUT2D eigenvalue weighted by atomic mass is 10.2. The smallest absolute Gasteiger partial charge is 0.343 e. The lowest BCUT2D eigenvalue weighted by Crippen LogP contribution is -2.24. The van der Waals surface area contributed by atoms with Crippen LogP contribution in [0.3, 0.4) is 0 Å². The maximum atomic E-state index is 11.9. The third-order valence-electron chi connectivity index (χ3n) is 3.43. The van der Waals surface area contributed by atoms with Crippen LogP contribution in [0.25, 0.3) is 0 Å². The molecule has 1 N–H and O–H groups in total. The lowest BCUT2D eigenvalue weighted by Gasteiger charge is -2.11. The molecule has 0 aromatic carbocycles. The summed E-state index contributed by atoms with van der Waals surface area (Å²) in [5.41, 5.74) is 0.738. The first-order valence-corrected chi connectivity index (χ1v) is 7.14. The highest BCUT2D eigenvalue weighted by Crippen LogP contribution is 2.19. The summed E-state index contributed by atoms with van der Waals surface area (Å²) in [6.07, 6.45) is 2.05. The number of anilines is 1. The van der Waals surface area contributed by atoms with Gasteiger partial charge in [0, 0.05) is 13.7 Å². The Balaban J connectivity index is 1.91. The van der Waals surface area contributed by atoms with Crippen LogP contribution in [0, 0.1) is 6.92 Å². The van der Waals surface area contributed by atoms with Gasteiger partial charge in [-0.3, -0.25) is 9.48 Å². The minimum Gasteiger partial charge on any atom is -0.465 e. The zero-order chi connectivity index (χ0) is 16.1. The second-order valence-electron chi connectivity index (χ2n) is 5.12. The Morgan fingerprint density at radius 1 is 1.50 bits per heavy atom. The average molecular weight is 311 g/mol. The van der Waals surface area contributed by atoms with E-state index in [2.05, 4.69) is 10.4 Å². The van der Waals surface area contributed by atoms with Gasteiger partial charge in [0.25, 0.3) is 5.91 Å². The molecule has 0 saturated carbocycles. The van der Waals surface area contributed by atoms with Crippen LogP contribution in [0.2, 0.25) is 0 Å². The Kier molecular flexibility index (Phi) is 5.51. The topological polar surface area (TPSA) is 91.7 Å². The number of ether oxygens (including phenoxy) is 3. The molecule has 22 heavy (non-hydrogen) atoms. The van der Waals surface area contributed by atoms with Crippen LogP contribution in [0.15, 0.2) is 0 Å². The molecule has 2 heterocycles. The molecule has 1 aliphatic rings. The minimum absolute atomic E-state index is 0.0670. The van der Waals surface area contributed by atoms with Crippen molar-refractivity contribution in [2.24, 2.45) is 7.05 Å². The molecule has 1 saturated heterocycles. The van der Waals surface area contributed by atoms with Crippen molar-refractivity contribution >= 4 is 17.7 Å². The molecule has 1 aromatic heterocycles. The second kappa shape index (κ2) is 7.37. The van der Waals surface area contributed by atoms with Crippen molar-refractivity contribution in [1.29, 1.82) is 0 Å². The van der Waals surface area contributed by atoms with Crippen molar-refractivity contribution in [3.05, 3.63) is 11.3 Å². The number of amides is 1. The number of hydrogen-bond donors (Lipinski definition) is 1. The number of rotatable bonds is 6. The normalized spacial score (nSPS) is 17.5. The zero-order valence-corrected chi connectivity index (χ0v) is 13.0. The first-order valence-electron chi connectivity index (χ1n) is 7.14. The van der Waals surface area contributed by atoms with Crippen LogP contribution < -0.4 is 5.32 Å². The number of carbonyl (C=O) groups is 2. The number of esters is 1. The van der Waals surface area contributed by atoms with Gasteiger partial charge in [0.2, 0.25) is 0 Å². The summed E-state index contributed by atoms with van der Waals surface area (Å²) in [4.78, 5) is 23.7. The summed E-state index contributed by atoms with van der Waals surface area (Å²) in [5.74, 6) is -0.595. The van der Waals surface area contributed by atoms with E-state index in [1.54, 1.807) is 14.0 Å². The third kappa shape index (κ3) is 3.83. The van der Waals surface area contributed by atoms with Crippen molar-refractivity contribution in [1.82, 2.24) is 9.78 Å². The molecule has 0 aliphatic carbocycles. The monoisotopic (exact) mass is 311 g/mol. The van der Waals surface area contributed by atoms with E-state index in [-0.39, 0.29) is 24.2 Å². The molecule has 1 atom stereocenters. The summed E-state index contributed by atoms with van der Waals surface area (Å²) in [5, 5.41) is 6.75. The predicted molar refractivity (Wildman–Crippen MR) is 77.7 cm³/mol. The average Bonchev–Trinajstić information content (AvgIpc) is 3.07. The maximum absolute atomic E-state index is 11.9. The van der Waals surface area contributed by atoms with E-state index in [0.717, 1.165) is 19.4 Å². The molecule has 122 valence electrons. The first-order chi connectivity index (χ1) is 10.5. The van der Waals surface area contributed by atoms with Gasteiger partial charge in [-0.15, -0.1) is 0 Å². The molecule has 8 heteroatoms. The van der Waals surface area contributed by atoms with E-state index in [1.165, 1.54) is 11.8 Å². The molecule has 1 fully saturated rings. The summed E-state index contributed by atoms with van der Waals surface area (Å²) in [6.45, 7) is 2.71. The molecule has 0 bridgehead atoms. The zero-order valence-electron chi connectivity index (χ0n) is 13.0. The van der Waals surface area contributed by atoms with E-state index >= 15 is 0 Å². The minimum atomic E-state index is -0.541. The highest BCUT2D eigenvalue weighted by atomic mass is 16.5. The summed E-state index contributed by atoms with van der Waals surface area (Å²) in [7, 11) is 2.92. The van der Waals surface area contributed by atoms with Crippen LogP contribution in [-0.4, -0.2) is 54.7 Å². The van der Waals surface area contributed by atoms with Gasteiger partial charge in [-0.05, 0) is 19.8 Å². The molecule has 0 radical (unpaired) electrons. The third-order valence-corrected chi connectivity index (χ3v) is 3.43. The van der Waals surface area contributed by atoms with Crippen molar-refractivity contribution in [3.63, 3.8) is 0 Å².